The highest BCUT2D eigenvalue weighted by atomic mass is 79.9. The van der Waals surface area contributed by atoms with Crippen molar-refractivity contribution in [1.29, 1.82) is 0 Å². The molecule has 0 bridgehead atoms. The molecule has 18 heavy (non-hydrogen) atoms. The van der Waals surface area contributed by atoms with Crippen molar-refractivity contribution in [2.24, 2.45) is 0 Å². The standard InChI is InChI=1S/C13H14BrFN2S/c1-2-16-11(8-12-17-6-7-18-12)13-9(14)4-3-5-10(13)15/h3-7,11,16H,2,8H2,1H3. The normalized spacial score (nSPS) is 12.6. The van der Waals surface area contributed by atoms with Crippen LogP contribution in [0.25, 0.3) is 0 Å². The van der Waals surface area contributed by atoms with E-state index < -0.39 is 0 Å². The minimum Gasteiger partial charge on any atom is -0.310 e. The Morgan fingerprint density at radius 3 is 2.94 bits per heavy atom. The van der Waals surface area contributed by atoms with Crippen molar-refractivity contribution in [2.45, 2.75) is 19.4 Å². The highest BCUT2D eigenvalue weighted by Gasteiger charge is 2.19. The van der Waals surface area contributed by atoms with Crippen LogP contribution in [0.4, 0.5) is 4.39 Å². The van der Waals surface area contributed by atoms with E-state index >= 15 is 0 Å². The van der Waals surface area contributed by atoms with E-state index in [9.17, 15) is 4.39 Å². The molecule has 1 heterocycles. The first-order valence-electron chi connectivity index (χ1n) is 5.78. The maximum absolute atomic E-state index is 14.0. The molecule has 0 spiro atoms. The number of rotatable bonds is 5. The van der Waals surface area contributed by atoms with E-state index in [1.54, 1.807) is 23.6 Å². The predicted octanol–water partition coefficient (Wildman–Crippen LogP) is 3.94. The zero-order valence-corrected chi connectivity index (χ0v) is 12.4. The van der Waals surface area contributed by atoms with Gasteiger partial charge in [-0.05, 0) is 18.7 Å². The molecule has 2 rings (SSSR count). The smallest absolute Gasteiger partial charge is 0.129 e. The van der Waals surface area contributed by atoms with Gasteiger partial charge in [0.05, 0.1) is 5.01 Å². The van der Waals surface area contributed by atoms with Gasteiger partial charge in [0.1, 0.15) is 5.82 Å². The van der Waals surface area contributed by atoms with Gasteiger partial charge in [0.15, 0.2) is 0 Å². The lowest BCUT2D eigenvalue weighted by Crippen LogP contribution is -2.24. The number of hydrogen-bond donors (Lipinski definition) is 1. The first-order valence-corrected chi connectivity index (χ1v) is 7.45. The second-order valence-corrected chi connectivity index (χ2v) is 5.71. The summed E-state index contributed by atoms with van der Waals surface area (Å²) in [6.07, 6.45) is 2.48. The van der Waals surface area contributed by atoms with Gasteiger partial charge in [-0.25, -0.2) is 9.37 Å². The van der Waals surface area contributed by atoms with Crippen LogP contribution in [-0.2, 0) is 6.42 Å². The molecule has 1 unspecified atom stereocenters. The fraction of sp³-hybridized carbons (Fsp3) is 0.308. The van der Waals surface area contributed by atoms with Crippen molar-refractivity contribution in [3.63, 3.8) is 0 Å². The maximum Gasteiger partial charge on any atom is 0.129 e. The van der Waals surface area contributed by atoms with E-state index in [0.29, 0.717) is 12.0 Å². The molecule has 0 aliphatic carbocycles. The molecule has 1 N–H and O–H groups in total. The molecular weight excluding hydrogens is 315 g/mol. The van der Waals surface area contributed by atoms with E-state index in [0.717, 1.165) is 16.0 Å². The fourth-order valence-electron chi connectivity index (χ4n) is 1.89. The molecule has 0 saturated carbocycles. The average molecular weight is 329 g/mol. The lowest BCUT2D eigenvalue weighted by Gasteiger charge is -2.19. The third-order valence-electron chi connectivity index (χ3n) is 2.66. The molecule has 5 heteroatoms. The minimum atomic E-state index is -0.188. The van der Waals surface area contributed by atoms with Crippen LogP contribution in [0, 0.1) is 5.82 Å². The molecule has 2 aromatic rings. The average Bonchev–Trinajstić information content (AvgIpc) is 2.82. The van der Waals surface area contributed by atoms with Crippen LogP contribution in [-0.4, -0.2) is 11.5 Å². The van der Waals surface area contributed by atoms with Gasteiger partial charge in [-0.1, -0.05) is 28.9 Å². The lowest BCUT2D eigenvalue weighted by atomic mass is 10.0. The van der Waals surface area contributed by atoms with Crippen molar-refractivity contribution in [2.75, 3.05) is 6.54 Å². The Bertz CT molecular complexity index is 481. The molecule has 1 atom stereocenters. The summed E-state index contributed by atoms with van der Waals surface area (Å²) >= 11 is 5.02. The summed E-state index contributed by atoms with van der Waals surface area (Å²) in [5.41, 5.74) is 0.676. The van der Waals surface area contributed by atoms with Gasteiger partial charge < -0.3 is 5.32 Å². The summed E-state index contributed by atoms with van der Waals surface area (Å²) in [5.74, 6) is -0.188. The van der Waals surface area contributed by atoms with Crippen LogP contribution in [0.3, 0.4) is 0 Å². The molecule has 96 valence electrons. The Kier molecular flexibility index (Phi) is 4.86. The third kappa shape index (κ3) is 3.16. The molecule has 0 amide bonds. The van der Waals surface area contributed by atoms with Crippen LogP contribution in [0.15, 0.2) is 34.2 Å². The maximum atomic E-state index is 14.0. The van der Waals surface area contributed by atoms with Crippen LogP contribution < -0.4 is 5.32 Å². The quantitative estimate of drug-likeness (QED) is 0.899. The Balaban J connectivity index is 2.29. The van der Waals surface area contributed by atoms with Gasteiger partial charge in [0.2, 0.25) is 0 Å². The topological polar surface area (TPSA) is 24.9 Å². The van der Waals surface area contributed by atoms with Crippen molar-refractivity contribution in [3.8, 4) is 0 Å². The van der Waals surface area contributed by atoms with Crippen molar-refractivity contribution >= 4 is 27.3 Å². The molecule has 1 aromatic heterocycles. The number of nitrogens with zero attached hydrogens (tertiary/aromatic N) is 1. The van der Waals surface area contributed by atoms with E-state index in [1.165, 1.54) is 6.07 Å². The summed E-state index contributed by atoms with van der Waals surface area (Å²) in [7, 11) is 0. The van der Waals surface area contributed by atoms with Crippen LogP contribution in [0.2, 0.25) is 0 Å². The van der Waals surface area contributed by atoms with Crippen molar-refractivity contribution < 1.29 is 4.39 Å². The Hall–Kier alpha value is -0.780. The second-order valence-electron chi connectivity index (χ2n) is 3.88. The zero-order chi connectivity index (χ0) is 13.0. The van der Waals surface area contributed by atoms with Crippen LogP contribution in [0.1, 0.15) is 23.5 Å². The number of likely N-dealkylation sites (N-methyl/N-ethyl adjacent to an activating group) is 1. The second kappa shape index (κ2) is 6.41. The Morgan fingerprint density at radius 1 is 1.50 bits per heavy atom. The molecule has 0 aliphatic heterocycles. The first-order chi connectivity index (χ1) is 8.72. The van der Waals surface area contributed by atoms with Gasteiger partial charge in [0, 0.05) is 34.1 Å². The van der Waals surface area contributed by atoms with Gasteiger partial charge >= 0.3 is 0 Å². The third-order valence-corrected chi connectivity index (χ3v) is 4.15. The van der Waals surface area contributed by atoms with E-state index in [1.807, 2.05) is 18.4 Å². The fourth-order valence-corrected chi connectivity index (χ4v) is 3.18. The Labute approximate surface area is 118 Å². The molecular formula is C13H14BrFN2S. The minimum absolute atomic E-state index is 0.0586. The molecule has 0 radical (unpaired) electrons. The van der Waals surface area contributed by atoms with Crippen molar-refractivity contribution in [1.82, 2.24) is 10.3 Å². The van der Waals surface area contributed by atoms with Gasteiger partial charge in [0.25, 0.3) is 0 Å². The summed E-state index contributed by atoms with van der Waals surface area (Å²) in [5, 5.41) is 6.27. The molecule has 1 aromatic carbocycles. The van der Waals surface area contributed by atoms with Crippen LogP contribution in [0.5, 0.6) is 0 Å². The Morgan fingerprint density at radius 2 is 2.33 bits per heavy atom. The summed E-state index contributed by atoms with van der Waals surface area (Å²) in [6.45, 7) is 2.81. The molecule has 0 saturated heterocycles. The number of halogens is 2. The van der Waals surface area contributed by atoms with E-state index in [-0.39, 0.29) is 11.9 Å². The monoisotopic (exact) mass is 328 g/mol. The highest BCUT2D eigenvalue weighted by molar-refractivity contribution is 9.10. The predicted molar refractivity (Wildman–Crippen MR) is 76.3 cm³/mol. The molecule has 2 nitrogen and oxygen atoms in total. The summed E-state index contributed by atoms with van der Waals surface area (Å²) < 4.78 is 14.8. The van der Waals surface area contributed by atoms with Gasteiger partial charge in [-0.15, -0.1) is 11.3 Å². The SMILES string of the molecule is CCNC(Cc1nccs1)c1c(F)cccc1Br. The van der Waals surface area contributed by atoms with E-state index in [4.69, 9.17) is 0 Å². The molecule has 0 aliphatic rings. The summed E-state index contributed by atoms with van der Waals surface area (Å²) in [6, 6.07) is 5.00. The number of aromatic nitrogens is 1. The number of thiazole rings is 1. The first kappa shape index (κ1) is 13.6. The molecule has 0 fully saturated rings. The number of hydrogen-bond acceptors (Lipinski definition) is 3. The number of nitrogens with one attached hydrogen (secondary N) is 1. The van der Waals surface area contributed by atoms with Gasteiger partial charge in [-0.2, -0.15) is 0 Å². The number of benzene rings is 1. The zero-order valence-electron chi connectivity index (χ0n) is 9.99. The van der Waals surface area contributed by atoms with Gasteiger partial charge in [-0.3, -0.25) is 0 Å². The lowest BCUT2D eigenvalue weighted by molar-refractivity contribution is 0.507. The van der Waals surface area contributed by atoms with Crippen LogP contribution >= 0.6 is 27.3 Å². The van der Waals surface area contributed by atoms with Crippen molar-refractivity contribution in [3.05, 3.63) is 50.6 Å². The summed E-state index contributed by atoms with van der Waals surface area (Å²) in [4.78, 5) is 4.26. The highest BCUT2D eigenvalue weighted by Crippen LogP contribution is 2.29. The largest absolute Gasteiger partial charge is 0.310 e. The van der Waals surface area contributed by atoms with E-state index in [2.05, 4.69) is 26.2 Å².